The number of halogens is 4. The maximum absolute atomic E-state index is 14.0. The number of ether oxygens (including phenoxy) is 1. The van der Waals surface area contributed by atoms with Crippen molar-refractivity contribution < 1.29 is 27.1 Å². The molecule has 0 radical (unpaired) electrons. The van der Waals surface area contributed by atoms with E-state index in [1.54, 1.807) is 13.1 Å². The van der Waals surface area contributed by atoms with Gasteiger partial charge in [0.1, 0.15) is 11.7 Å². The first kappa shape index (κ1) is 25.2. The molecule has 1 heterocycles. The van der Waals surface area contributed by atoms with Crippen LogP contribution in [0.1, 0.15) is 40.8 Å². The number of likely N-dealkylation sites (N-methyl/N-ethyl adjacent to an activating group) is 1. The summed E-state index contributed by atoms with van der Waals surface area (Å²) in [5.74, 6) is -1.15. The van der Waals surface area contributed by atoms with E-state index in [4.69, 9.17) is 4.74 Å². The van der Waals surface area contributed by atoms with Crippen LogP contribution in [0.3, 0.4) is 0 Å². The van der Waals surface area contributed by atoms with Crippen molar-refractivity contribution in [3.05, 3.63) is 95.1 Å². The van der Waals surface area contributed by atoms with Crippen molar-refractivity contribution in [3.8, 4) is 5.75 Å². The summed E-state index contributed by atoms with van der Waals surface area (Å²) >= 11 is 0. The average Bonchev–Trinajstić information content (AvgIpc) is 2.84. The van der Waals surface area contributed by atoms with Gasteiger partial charge in [-0.2, -0.15) is 13.2 Å². The molecule has 0 bridgehead atoms. The average molecular weight is 475 g/mol. The fourth-order valence-corrected chi connectivity index (χ4v) is 3.72. The molecule has 0 saturated carbocycles. The van der Waals surface area contributed by atoms with E-state index in [-0.39, 0.29) is 11.7 Å². The van der Waals surface area contributed by atoms with Gasteiger partial charge in [0.15, 0.2) is 11.6 Å². The van der Waals surface area contributed by atoms with Crippen molar-refractivity contribution >= 4 is 5.91 Å². The van der Waals surface area contributed by atoms with Crippen LogP contribution in [-0.2, 0) is 11.0 Å². The summed E-state index contributed by atoms with van der Waals surface area (Å²) in [6.45, 7) is 0.346. The van der Waals surface area contributed by atoms with E-state index in [1.807, 2.05) is 30.3 Å². The largest absolute Gasteiger partial charge is 0.494 e. The topological polar surface area (TPSA) is 63.2 Å². The third kappa shape index (κ3) is 6.11. The van der Waals surface area contributed by atoms with Crippen molar-refractivity contribution in [3.63, 3.8) is 0 Å². The number of amides is 1. The molecular weight excluding hydrogens is 450 g/mol. The number of nitrogens with one attached hydrogen (secondary N) is 2. The Kier molecular flexibility index (Phi) is 8.22. The minimum atomic E-state index is -4.55. The normalized spacial score (nSPS) is 13.2. The molecule has 1 amide bonds. The van der Waals surface area contributed by atoms with Gasteiger partial charge >= 0.3 is 6.18 Å². The number of alkyl halides is 3. The summed E-state index contributed by atoms with van der Waals surface area (Å²) in [5.41, 5.74) is 0.962. The molecule has 2 N–H and O–H groups in total. The fourth-order valence-electron chi connectivity index (χ4n) is 3.72. The maximum atomic E-state index is 14.0. The molecule has 0 saturated heterocycles. The lowest BCUT2D eigenvalue weighted by molar-refractivity contribution is -0.141. The first-order chi connectivity index (χ1) is 16.2. The van der Waals surface area contributed by atoms with Crippen LogP contribution in [0, 0.1) is 5.82 Å². The molecule has 3 rings (SSSR count). The summed E-state index contributed by atoms with van der Waals surface area (Å²) < 4.78 is 58.0. The second-order valence-corrected chi connectivity index (χ2v) is 7.62. The van der Waals surface area contributed by atoms with Gasteiger partial charge in [0.25, 0.3) is 0 Å². The Morgan fingerprint density at radius 2 is 1.74 bits per heavy atom. The van der Waals surface area contributed by atoms with E-state index in [0.717, 1.165) is 11.6 Å². The minimum absolute atomic E-state index is 0.0304. The summed E-state index contributed by atoms with van der Waals surface area (Å²) in [4.78, 5) is 16.0. The van der Waals surface area contributed by atoms with Crippen LogP contribution in [0.15, 0.2) is 66.9 Å². The van der Waals surface area contributed by atoms with E-state index in [0.29, 0.717) is 24.1 Å². The first-order valence-electron chi connectivity index (χ1n) is 10.6. The van der Waals surface area contributed by atoms with Gasteiger partial charge in [0.05, 0.1) is 7.11 Å². The monoisotopic (exact) mass is 475 g/mol. The van der Waals surface area contributed by atoms with Gasteiger partial charge < -0.3 is 15.4 Å². The minimum Gasteiger partial charge on any atom is -0.494 e. The van der Waals surface area contributed by atoms with Crippen LogP contribution in [0.25, 0.3) is 0 Å². The molecule has 180 valence electrons. The molecule has 3 aromatic rings. The number of aromatic nitrogens is 1. The van der Waals surface area contributed by atoms with Crippen molar-refractivity contribution in [1.29, 1.82) is 0 Å². The van der Waals surface area contributed by atoms with Gasteiger partial charge in [-0.05, 0) is 47.9 Å². The van der Waals surface area contributed by atoms with Gasteiger partial charge in [-0.3, -0.25) is 9.78 Å². The summed E-state index contributed by atoms with van der Waals surface area (Å²) in [6.07, 6.45) is -2.97. The lowest BCUT2D eigenvalue weighted by Gasteiger charge is -2.22. The lowest BCUT2D eigenvalue weighted by Crippen LogP contribution is -2.36. The van der Waals surface area contributed by atoms with Crippen LogP contribution in [-0.4, -0.2) is 31.6 Å². The highest BCUT2D eigenvalue weighted by atomic mass is 19.4. The van der Waals surface area contributed by atoms with Crippen molar-refractivity contribution in [1.82, 2.24) is 15.6 Å². The number of hydrogen-bond acceptors (Lipinski definition) is 4. The van der Waals surface area contributed by atoms with E-state index < -0.39 is 29.6 Å². The molecule has 0 aliphatic heterocycles. The first-order valence-corrected chi connectivity index (χ1v) is 10.6. The van der Waals surface area contributed by atoms with Gasteiger partial charge in [0, 0.05) is 19.2 Å². The fraction of sp³-hybridized carbons (Fsp3) is 0.280. The van der Waals surface area contributed by atoms with Gasteiger partial charge in [0.2, 0.25) is 5.91 Å². The second-order valence-electron chi connectivity index (χ2n) is 7.62. The van der Waals surface area contributed by atoms with Crippen molar-refractivity contribution in [2.45, 2.75) is 24.6 Å². The molecule has 1 aromatic heterocycles. The highest BCUT2D eigenvalue weighted by molar-refractivity contribution is 5.82. The number of pyridine rings is 1. The SMILES string of the molecule is CNC(=O)[C@H](NCC[C@H](c1ccc(C(F)(F)F)nc1)c1ccc(F)c(OC)c1)c1ccccc1. The van der Waals surface area contributed by atoms with Crippen molar-refractivity contribution in [2.24, 2.45) is 0 Å². The maximum Gasteiger partial charge on any atom is 0.433 e. The summed E-state index contributed by atoms with van der Waals surface area (Å²) in [5, 5.41) is 5.85. The van der Waals surface area contributed by atoms with Gasteiger partial charge in [-0.25, -0.2) is 4.39 Å². The summed E-state index contributed by atoms with van der Waals surface area (Å²) in [6, 6.07) is 15.2. The zero-order valence-electron chi connectivity index (χ0n) is 18.7. The highest BCUT2D eigenvalue weighted by Crippen LogP contribution is 2.33. The molecule has 0 spiro atoms. The standard InChI is InChI=1S/C25H25F4N3O2/c1-30-24(33)23(16-6-4-3-5-7-16)31-13-12-19(17-8-10-20(26)21(14-17)34-2)18-9-11-22(32-15-18)25(27,28)29/h3-11,14-15,19,23,31H,12-13H2,1-2H3,(H,30,33)/t19-,23+/m0/s1. The Balaban J connectivity index is 1.87. The highest BCUT2D eigenvalue weighted by Gasteiger charge is 2.32. The number of carbonyl (C=O) groups excluding carboxylic acids is 1. The molecule has 9 heteroatoms. The van der Waals surface area contributed by atoms with Gasteiger partial charge in [-0.1, -0.05) is 42.5 Å². The number of carbonyl (C=O) groups is 1. The third-order valence-corrected chi connectivity index (χ3v) is 5.48. The Morgan fingerprint density at radius 1 is 1.03 bits per heavy atom. The van der Waals surface area contributed by atoms with Crippen LogP contribution < -0.4 is 15.4 Å². The number of nitrogens with zero attached hydrogens (tertiary/aromatic N) is 1. The van der Waals surface area contributed by atoms with Crippen LogP contribution in [0.5, 0.6) is 5.75 Å². The number of rotatable bonds is 9. The molecule has 2 atom stereocenters. The second kappa shape index (κ2) is 11.1. The smallest absolute Gasteiger partial charge is 0.433 e. The van der Waals surface area contributed by atoms with Crippen LogP contribution >= 0.6 is 0 Å². The Morgan fingerprint density at radius 3 is 2.32 bits per heavy atom. The molecule has 5 nitrogen and oxygen atoms in total. The van der Waals surface area contributed by atoms with E-state index in [9.17, 15) is 22.4 Å². The van der Waals surface area contributed by atoms with Gasteiger partial charge in [-0.15, -0.1) is 0 Å². The Hall–Kier alpha value is -3.46. The molecule has 0 aliphatic carbocycles. The number of methoxy groups -OCH3 is 1. The predicted octanol–water partition coefficient (Wildman–Crippen LogP) is 4.85. The quantitative estimate of drug-likeness (QED) is 0.435. The third-order valence-electron chi connectivity index (χ3n) is 5.48. The molecule has 34 heavy (non-hydrogen) atoms. The van der Waals surface area contributed by atoms with E-state index >= 15 is 0 Å². The van der Waals surface area contributed by atoms with Crippen molar-refractivity contribution in [2.75, 3.05) is 20.7 Å². The number of hydrogen-bond donors (Lipinski definition) is 2. The molecule has 0 fully saturated rings. The molecule has 0 unspecified atom stereocenters. The molecule has 2 aromatic carbocycles. The zero-order valence-corrected chi connectivity index (χ0v) is 18.7. The Labute approximate surface area is 195 Å². The molecule has 0 aliphatic rings. The van der Waals surface area contributed by atoms with E-state index in [1.165, 1.54) is 31.5 Å². The number of benzene rings is 2. The lowest BCUT2D eigenvalue weighted by atomic mass is 9.89. The summed E-state index contributed by atoms with van der Waals surface area (Å²) in [7, 11) is 2.88. The zero-order chi connectivity index (χ0) is 24.7. The predicted molar refractivity (Wildman–Crippen MR) is 120 cm³/mol. The van der Waals surface area contributed by atoms with Crippen LogP contribution in [0.2, 0.25) is 0 Å². The molecular formula is C25H25F4N3O2. The van der Waals surface area contributed by atoms with Crippen LogP contribution in [0.4, 0.5) is 17.6 Å². The van der Waals surface area contributed by atoms with E-state index in [2.05, 4.69) is 15.6 Å². The Bertz CT molecular complexity index is 1090.